The second-order valence-corrected chi connectivity index (χ2v) is 7.60. The lowest BCUT2D eigenvalue weighted by atomic mass is 10.0. The summed E-state index contributed by atoms with van der Waals surface area (Å²) >= 11 is 7.71. The van der Waals surface area contributed by atoms with Gasteiger partial charge >= 0.3 is 0 Å². The van der Waals surface area contributed by atoms with Crippen molar-refractivity contribution < 1.29 is 4.79 Å². The van der Waals surface area contributed by atoms with Gasteiger partial charge in [-0.1, -0.05) is 11.6 Å². The number of pyridine rings is 1. The SMILES string of the molecule is Cc1ccc(C(=O)NC2CCN(Cc3ccncc3Cl)CC2)s1. The topological polar surface area (TPSA) is 45.2 Å². The van der Waals surface area contributed by atoms with Crippen LogP contribution in [-0.4, -0.2) is 34.9 Å². The van der Waals surface area contributed by atoms with E-state index in [-0.39, 0.29) is 11.9 Å². The Kier molecular flexibility index (Phi) is 5.30. The molecular weight excluding hydrogens is 330 g/mol. The van der Waals surface area contributed by atoms with Gasteiger partial charge in [0, 0.05) is 42.9 Å². The highest BCUT2D eigenvalue weighted by Gasteiger charge is 2.22. The molecule has 1 N–H and O–H groups in total. The fourth-order valence-corrected chi connectivity index (χ4v) is 3.77. The van der Waals surface area contributed by atoms with Crippen molar-refractivity contribution in [3.05, 3.63) is 50.9 Å². The van der Waals surface area contributed by atoms with Gasteiger partial charge in [-0.15, -0.1) is 11.3 Å². The van der Waals surface area contributed by atoms with Gasteiger partial charge in [-0.25, -0.2) is 0 Å². The molecular formula is C17H20ClN3OS. The fourth-order valence-electron chi connectivity index (χ4n) is 2.82. The summed E-state index contributed by atoms with van der Waals surface area (Å²) in [6.07, 6.45) is 5.40. The largest absolute Gasteiger partial charge is 0.349 e. The molecule has 2 aromatic heterocycles. The zero-order chi connectivity index (χ0) is 16.2. The average molecular weight is 350 g/mol. The molecule has 1 aliphatic heterocycles. The van der Waals surface area contributed by atoms with Gasteiger partial charge < -0.3 is 5.32 Å². The molecule has 1 amide bonds. The molecule has 0 atom stereocenters. The Balaban J connectivity index is 1.49. The van der Waals surface area contributed by atoms with E-state index in [4.69, 9.17) is 11.6 Å². The minimum absolute atomic E-state index is 0.0544. The van der Waals surface area contributed by atoms with Crippen LogP contribution in [0.25, 0.3) is 0 Å². The first-order valence-electron chi connectivity index (χ1n) is 7.80. The molecule has 3 rings (SSSR count). The van der Waals surface area contributed by atoms with E-state index in [0.717, 1.165) is 47.9 Å². The van der Waals surface area contributed by atoms with Gasteiger partial charge in [-0.2, -0.15) is 0 Å². The monoisotopic (exact) mass is 349 g/mol. The number of halogens is 1. The second kappa shape index (κ2) is 7.43. The number of thiophene rings is 1. The normalized spacial score (nSPS) is 16.4. The third-order valence-corrected chi connectivity index (χ3v) is 5.48. The summed E-state index contributed by atoms with van der Waals surface area (Å²) in [6.45, 7) is 4.79. The number of carbonyl (C=O) groups is 1. The van der Waals surface area contributed by atoms with Crippen LogP contribution in [0.1, 0.15) is 33.0 Å². The summed E-state index contributed by atoms with van der Waals surface area (Å²) < 4.78 is 0. The Bertz CT molecular complexity index is 680. The Labute approximate surface area is 145 Å². The number of carbonyl (C=O) groups excluding carboxylic acids is 1. The molecule has 6 heteroatoms. The molecule has 0 saturated carbocycles. The van der Waals surface area contributed by atoms with Crippen LogP contribution in [-0.2, 0) is 6.54 Å². The highest BCUT2D eigenvalue weighted by atomic mass is 35.5. The van der Waals surface area contributed by atoms with Crippen molar-refractivity contribution in [1.82, 2.24) is 15.2 Å². The molecule has 0 radical (unpaired) electrons. The average Bonchev–Trinajstić information content (AvgIpc) is 2.98. The minimum atomic E-state index is 0.0544. The van der Waals surface area contributed by atoms with E-state index in [0.29, 0.717) is 0 Å². The standard InChI is InChI=1S/C17H20ClN3OS/c1-12-2-3-16(23-12)17(22)20-14-5-8-21(9-6-14)11-13-4-7-19-10-15(13)18/h2-4,7,10,14H,5-6,8-9,11H2,1H3,(H,20,22). The molecule has 0 aliphatic carbocycles. The summed E-state index contributed by atoms with van der Waals surface area (Å²) in [5.41, 5.74) is 1.11. The van der Waals surface area contributed by atoms with Crippen LogP contribution in [0.2, 0.25) is 5.02 Å². The maximum atomic E-state index is 12.2. The number of hydrogen-bond acceptors (Lipinski definition) is 4. The van der Waals surface area contributed by atoms with Crippen LogP contribution < -0.4 is 5.32 Å². The number of amides is 1. The van der Waals surface area contributed by atoms with Gasteiger partial charge in [-0.3, -0.25) is 14.7 Å². The van der Waals surface area contributed by atoms with Gasteiger partial charge in [0.15, 0.2) is 0 Å². The summed E-state index contributed by atoms with van der Waals surface area (Å²) in [7, 11) is 0. The quantitative estimate of drug-likeness (QED) is 0.918. The number of nitrogens with zero attached hydrogens (tertiary/aromatic N) is 2. The number of aryl methyl sites for hydroxylation is 1. The number of piperidine rings is 1. The van der Waals surface area contributed by atoms with Crippen LogP contribution in [0.4, 0.5) is 0 Å². The van der Waals surface area contributed by atoms with Gasteiger partial charge in [0.2, 0.25) is 0 Å². The molecule has 4 nitrogen and oxygen atoms in total. The minimum Gasteiger partial charge on any atom is -0.349 e. The van der Waals surface area contributed by atoms with Crippen LogP contribution in [0.3, 0.4) is 0 Å². The third-order valence-electron chi connectivity index (χ3n) is 4.14. The van der Waals surface area contributed by atoms with E-state index in [1.165, 1.54) is 4.88 Å². The van der Waals surface area contributed by atoms with Crippen molar-refractivity contribution in [3.8, 4) is 0 Å². The maximum Gasteiger partial charge on any atom is 0.261 e. The number of aromatic nitrogens is 1. The van der Waals surface area contributed by atoms with Crippen LogP contribution in [0.5, 0.6) is 0 Å². The van der Waals surface area contributed by atoms with Crippen LogP contribution >= 0.6 is 22.9 Å². The molecule has 0 unspecified atom stereocenters. The number of rotatable bonds is 4. The lowest BCUT2D eigenvalue weighted by Crippen LogP contribution is -2.44. The summed E-state index contributed by atoms with van der Waals surface area (Å²) in [4.78, 5) is 20.6. The smallest absolute Gasteiger partial charge is 0.261 e. The summed E-state index contributed by atoms with van der Waals surface area (Å²) in [5.74, 6) is 0.0544. The van der Waals surface area contributed by atoms with Gasteiger partial charge in [0.05, 0.1) is 9.90 Å². The van der Waals surface area contributed by atoms with Gasteiger partial charge in [-0.05, 0) is 43.5 Å². The Morgan fingerprint density at radius 1 is 1.39 bits per heavy atom. The van der Waals surface area contributed by atoms with Crippen molar-refractivity contribution >= 4 is 28.8 Å². The van der Waals surface area contributed by atoms with Crippen LogP contribution in [0.15, 0.2) is 30.6 Å². The van der Waals surface area contributed by atoms with Gasteiger partial charge in [0.1, 0.15) is 0 Å². The van der Waals surface area contributed by atoms with E-state index >= 15 is 0 Å². The first-order valence-corrected chi connectivity index (χ1v) is 8.99. The Morgan fingerprint density at radius 2 is 2.17 bits per heavy atom. The van der Waals surface area contributed by atoms with E-state index < -0.39 is 0 Å². The Hall–Kier alpha value is -1.43. The van der Waals surface area contributed by atoms with Crippen molar-refractivity contribution in [1.29, 1.82) is 0 Å². The number of hydrogen-bond donors (Lipinski definition) is 1. The van der Waals surface area contributed by atoms with Crippen molar-refractivity contribution in [2.45, 2.75) is 32.4 Å². The molecule has 1 saturated heterocycles. The zero-order valence-corrected chi connectivity index (χ0v) is 14.7. The number of nitrogens with one attached hydrogen (secondary N) is 1. The van der Waals surface area contributed by atoms with E-state index in [2.05, 4.69) is 15.2 Å². The van der Waals surface area contributed by atoms with Crippen molar-refractivity contribution in [2.24, 2.45) is 0 Å². The molecule has 23 heavy (non-hydrogen) atoms. The highest BCUT2D eigenvalue weighted by molar-refractivity contribution is 7.13. The Morgan fingerprint density at radius 3 is 2.83 bits per heavy atom. The van der Waals surface area contributed by atoms with Crippen molar-refractivity contribution in [3.63, 3.8) is 0 Å². The van der Waals surface area contributed by atoms with Crippen molar-refractivity contribution in [2.75, 3.05) is 13.1 Å². The molecule has 0 bridgehead atoms. The molecule has 1 fully saturated rings. The molecule has 1 aliphatic rings. The number of likely N-dealkylation sites (tertiary alicyclic amines) is 1. The lowest BCUT2D eigenvalue weighted by molar-refractivity contribution is 0.0913. The van der Waals surface area contributed by atoms with E-state index in [1.54, 1.807) is 23.7 Å². The maximum absolute atomic E-state index is 12.2. The second-order valence-electron chi connectivity index (χ2n) is 5.90. The van der Waals surface area contributed by atoms with Gasteiger partial charge in [0.25, 0.3) is 5.91 Å². The molecule has 3 heterocycles. The molecule has 0 spiro atoms. The first kappa shape index (κ1) is 16.4. The van der Waals surface area contributed by atoms with E-state index in [9.17, 15) is 4.79 Å². The fraction of sp³-hybridized carbons (Fsp3) is 0.412. The molecule has 122 valence electrons. The predicted molar refractivity (Wildman–Crippen MR) is 94.1 cm³/mol. The third kappa shape index (κ3) is 4.31. The van der Waals surface area contributed by atoms with Crippen LogP contribution in [0, 0.1) is 6.92 Å². The lowest BCUT2D eigenvalue weighted by Gasteiger charge is -2.32. The first-order chi connectivity index (χ1) is 11.1. The predicted octanol–water partition coefficient (Wildman–Crippen LogP) is 3.50. The summed E-state index contributed by atoms with van der Waals surface area (Å²) in [5, 5.41) is 3.87. The summed E-state index contributed by atoms with van der Waals surface area (Å²) in [6, 6.07) is 6.11. The zero-order valence-electron chi connectivity index (χ0n) is 13.1. The van der Waals surface area contributed by atoms with E-state index in [1.807, 2.05) is 25.1 Å². The molecule has 0 aromatic carbocycles. The molecule has 2 aromatic rings. The highest BCUT2D eigenvalue weighted by Crippen LogP contribution is 2.20.